The molecular formula is C11H9N3O2S3. The predicted molar refractivity (Wildman–Crippen MR) is 75.5 cm³/mol. The van der Waals surface area contributed by atoms with Crippen LogP contribution in [0.15, 0.2) is 42.1 Å². The van der Waals surface area contributed by atoms with Crippen molar-refractivity contribution in [2.75, 3.05) is 6.26 Å². The maximum absolute atomic E-state index is 5.25. The van der Waals surface area contributed by atoms with Crippen molar-refractivity contribution in [3.8, 4) is 11.5 Å². The number of nitrogens with zero attached hydrogens (tertiary/aromatic N) is 3. The molecule has 19 heavy (non-hydrogen) atoms. The zero-order valence-corrected chi connectivity index (χ0v) is 12.3. The third kappa shape index (κ3) is 3.02. The third-order valence-corrected chi connectivity index (χ3v) is 5.29. The normalized spacial score (nSPS) is 11.0. The van der Waals surface area contributed by atoms with E-state index in [4.69, 9.17) is 8.94 Å². The van der Waals surface area contributed by atoms with Crippen LogP contribution in [0.5, 0.6) is 0 Å². The predicted octanol–water partition coefficient (Wildman–Crippen LogP) is 3.80. The molecule has 0 atom stereocenters. The molecule has 0 N–H and O–H groups in total. The highest BCUT2D eigenvalue weighted by molar-refractivity contribution is 8.02. The SMILES string of the molecule is CSc1nnc(SCc2cc(-c3ccco3)on2)s1. The molecule has 0 saturated heterocycles. The lowest BCUT2D eigenvalue weighted by atomic mass is 10.3. The van der Waals surface area contributed by atoms with Gasteiger partial charge in [0.1, 0.15) is 0 Å². The zero-order valence-electron chi connectivity index (χ0n) is 9.90. The summed E-state index contributed by atoms with van der Waals surface area (Å²) in [4.78, 5) is 0. The van der Waals surface area contributed by atoms with E-state index in [0.717, 1.165) is 14.4 Å². The molecule has 0 spiro atoms. The van der Waals surface area contributed by atoms with Crippen LogP contribution < -0.4 is 0 Å². The summed E-state index contributed by atoms with van der Waals surface area (Å²) in [5.41, 5.74) is 0.859. The Bertz CT molecular complexity index is 648. The van der Waals surface area contributed by atoms with E-state index in [-0.39, 0.29) is 0 Å². The Hall–Kier alpha value is -1.25. The van der Waals surface area contributed by atoms with Gasteiger partial charge in [-0.2, -0.15) is 0 Å². The Labute approximate surface area is 121 Å². The van der Waals surface area contributed by atoms with Crippen LogP contribution in [-0.4, -0.2) is 21.6 Å². The van der Waals surface area contributed by atoms with Crippen LogP contribution in [0.25, 0.3) is 11.5 Å². The molecule has 0 aromatic carbocycles. The van der Waals surface area contributed by atoms with Gasteiger partial charge in [0.2, 0.25) is 5.76 Å². The van der Waals surface area contributed by atoms with Gasteiger partial charge in [0.25, 0.3) is 0 Å². The zero-order chi connectivity index (χ0) is 13.1. The molecule has 98 valence electrons. The Balaban J connectivity index is 1.64. The van der Waals surface area contributed by atoms with Gasteiger partial charge in [0.05, 0.1) is 12.0 Å². The Morgan fingerprint density at radius 3 is 2.89 bits per heavy atom. The summed E-state index contributed by atoms with van der Waals surface area (Å²) in [6.45, 7) is 0. The van der Waals surface area contributed by atoms with Gasteiger partial charge in [-0.3, -0.25) is 0 Å². The first-order valence-corrected chi connectivity index (χ1v) is 8.37. The highest BCUT2D eigenvalue weighted by Gasteiger charge is 2.10. The van der Waals surface area contributed by atoms with Gasteiger partial charge >= 0.3 is 0 Å². The second-order valence-electron chi connectivity index (χ2n) is 3.49. The number of hydrogen-bond acceptors (Lipinski definition) is 8. The standard InChI is InChI=1S/C11H9N3O2S3/c1-17-10-12-13-11(19-10)18-6-7-5-9(16-14-7)8-3-2-4-15-8/h2-5H,6H2,1H3. The van der Waals surface area contributed by atoms with Gasteiger partial charge in [-0.25, -0.2) is 0 Å². The molecule has 0 saturated carbocycles. The molecule has 0 bridgehead atoms. The summed E-state index contributed by atoms with van der Waals surface area (Å²) in [5, 5.41) is 12.1. The molecule has 0 aliphatic heterocycles. The van der Waals surface area contributed by atoms with Crippen LogP contribution in [0.2, 0.25) is 0 Å². The van der Waals surface area contributed by atoms with Crippen molar-refractivity contribution < 1.29 is 8.94 Å². The number of furan rings is 1. The second-order valence-corrected chi connectivity index (χ2v) is 6.74. The van der Waals surface area contributed by atoms with Crippen molar-refractivity contribution in [1.82, 2.24) is 15.4 Å². The molecule has 3 aromatic rings. The fourth-order valence-corrected chi connectivity index (χ4v) is 3.71. The van der Waals surface area contributed by atoms with Gasteiger partial charge in [-0.1, -0.05) is 40.0 Å². The summed E-state index contributed by atoms with van der Waals surface area (Å²) >= 11 is 4.78. The molecule has 0 unspecified atom stereocenters. The lowest BCUT2D eigenvalue weighted by Gasteiger charge is -1.89. The smallest absolute Gasteiger partial charge is 0.202 e. The molecule has 3 heterocycles. The van der Waals surface area contributed by atoms with Crippen LogP contribution in [0, 0.1) is 0 Å². The monoisotopic (exact) mass is 311 g/mol. The van der Waals surface area contributed by atoms with E-state index in [1.54, 1.807) is 41.1 Å². The molecule has 0 radical (unpaired) electrons. The summed E-state index contributed by atoms with van der Waals surface area (Å²) < 4.78 is 12.4. The molecule has 0 amide bonds. The first kappa shape index (κ1) is 12.8. The van der Waals surface area contributed by atoms with E-state index in [0.29, 0.717) is 17.3 Å². The summed E-state index contributed by atoms with van der Waals surface area (Å²) in [6, 6.07) is 5.53. The molecular weight excluding hydrogens is 302 g/mol. The Morgan fingerprint density at radius 1 is 1.26 bits per heavy atom. The lowest BCUT2D eigenvalue weighted by Crippen LogP contribution is -1.78. The topological polar surface area (TPSA) is 65.0 Å². The van der Waals surface area contributed by atoms with Crippen LogP contribution in [-0.2, 0) is 5.75 Å². The van der Waals surface area contributed by atoms with Crippen molar-refractivity contribution in [2.45, 2.75) is 14.4 Å². The highest BCUT2D eigenvalue weighted by atomic mass is 32.2. The first-order chi connectivity index (χ1) is 9.35. The summed E-state index contributed by atoms with van der Waals surface area (Å²) in [6.07, 6.45) is 3.60. The van der Waals surface area contributed by atoms with Crippen molar-refractivity contribution in [3.05, 3.63) is 30.2 Å². The molecule has 0 aliphatic carbocycles. The van der Waals surface area contributed by atoms with Crippen LogP contribution >= 0.6 is 34.9 Å². The molecule has 3 rings (SSSR count). The first-order valence-electron chi connectivity index (χ1n) is 5.35. The van der Waals surface area contributed by atoms with Crippen molar-refractivity contribution >= 4 is 34.9 Å². The number of aromatic nitrogens is 3. The van der Waals surface area contributed by atoms with E-state index in [1.807, 2.05) is 24.5 Å². The highest BCUT2D eigenvalue weighted by Crippen LogP contribution is 2.30. The number of rotatable bonds is 5. The second kappa shape index (κ2) is 5.81. The fourth-order valence-electron chi connectivity index (χ4n) is 1.39. The van der Waals surface area contributed by atoms with E-state index in [9.17, 15) is 0 Å². The minimum Gasteiger partial charge on any atom is -0.461 e. The average Bonchev–Trinajstić information content (AvgIpc) is 3.16. The maximum atomic E-state index is 5.25. The third-order valence-electron chi connectivity index (χ3n) is 2.23. The van der Waals surface area contributed by atoms with E-state index in [2.05, 4.69) is 15.4 Å². The molecule has 8 heteroatoms. The van der Waals surface area contributed by atoms with Crippen LogP contribution in [0.3, 0.4) is 0 Å². The van der Waals surface area contributed by atoms with Crippen molar-refractivity contribution in [1.29, 1.82) is 0 Å². The number of hydrogen-bond donors (Lipinski definition) is 0. The summed E-state index contributed by atoms with van der Waals surface area (Å²) in [7, 11) is 0. The molecule has 3 aromatic heterocycles. The average molecular weight is 311 g/mol. The largest absolute Gasteiger partial charge is 0.461 e. The van der Waals surface area contributed by atoms with E-state index in [1.165, 1.54) is 0 Å². The summed E-state index contributed by atoms with van der Waals surface area (Å²) in [5.74, 6) is 2.03. The number of thioether (sulfide) groups is 2. The fraction of sp³-hybridized carbons (Fsp3) is 0.182. The minimum atomic E-state index is 0.641. The van der Waals surface area contributed by atoms with Gasteiger partial charge in [0.15, 0.2) is 14.4 Å². The van der Waals surface area contributed by atoms with Gasteiger partial charge < -0.3 is 8.94 Å². The van der Waals surface area contributed by atoms with Gasteiger partial charge in [-0.05, 0) is 18.4 Å². The van der Waals surface area contributed by atoms with E-state index >= 15 is 0 Å². The van der Waals surface area contributed by atoms with Gasteiger partial charge in [0, 0.05) is 11.8 Å². The Kier molecular flexibility index (Phi) is 3.90. The Morgan fingerprint density at radius 2 is 2.16 bits per heavy atom. The van der Waals surface area contributed by atoms with Crippen LogP contribution in [0.1, 0.15) is 5.69 Å². The molecule has 0 fully saturated rings. The molecule has 0 aliphatic rings. The quantitative estimate of drug-likeness (QED) is 0.664. The lowest BCUT2D eigenvalue weighted by molar-refractivity contribution is 0.413. The minimum absolute atomic E-state index is 0.641. The maximum Gasteiger partial charge on any atom is 0.202 e. The molecule has 5 nitrogen and oxygen atoms in total. The van der Waals surface area contributed by atoms with Crippen molar-refractivity contribution in [3.63, 3.8) is 0 Å². The van der Waals surface area contributed by atoms with Crippen LogP contribution in [0.4, 0.5) is 0 Å². The van der Waals surface area contributed by atoms with Gasteiger partial charge in [-0.15, -0.1) is 10.2 Å². The van der Waals surface area contributed by atoms with Crippen molar-refractivity contribution in [2.24, 2.45) is 0 Å². The van der Waals surface area contributed by atoms with E-state index < -0.39 is 0 Å².